The fraction of sp³-hybridized carbons (Fsp3) is 0.308. The molecule has 0 fully saturated rings. The molecule has 1 aromatic carbocycles. The highest BCUT2D eigenvalue weighted by Crippen LogP contribution is 2.23. The van der Waals surface area contributed by atoms with Crippen LogP contribution < -0.4 is 4.74 Å². The first-order valence-electron chi connectivity index (χ1n) is 5.38. The first-order chi connectivity index (χ1) is 8.06. The molecule has 17 heavy (non-hydrogen) atoms. The van der Waals surface area contributed by atoms with E-state index in [1.807, 2.05) is 25.1 Å². The molecule has 0 aliphatic carbocycles. The Balaban J connectivity index is 2.04. The van der Waals surface area contributed by atoms with Crippen LogP contribution in [-0.4, -0.2) is 4.98 Å². The summed E-state index contributed by atoms with van der Waals surface area (Å²) in [7, 11) is 0. The first-order valence-corrected chi connectivity index (χ1v) is 6.99. The molecular weight excluding hydrogens is 298 g/mol. The third-order valence-corrected chi connectivity index (χ3v) is 4.50. The number of rotatable bonds is 3. The number of thiazole rings is 1. The molecule has 2 aromatic rings. The third-order valence-electron chi connectivity index (χ3n) is 2.56. The van der Waals surface area contributed by atoms with E-state index in [1.54, 1.807) is 11.3 Å². The predicted molar refractivity (Wildman–Crippen MR) is 74.8 cm³/mol. The normalized spacial score (nSPS) is 10.6. The minimum absolute atomic E-state index is 0.542. The van der Waals surface area contributed by atoms with Crippen molar-refractivity contribution in [1.82, 2.24) is 4.98 Å². The number of aryl methyl sites for hydroxylation is 3. The van der Waals surface area contributed by atoms with E-state index in [0.717, 1.165) is 20.9 Å². The zero-order chi connectivity index (χ0) is 12.4. The Kier molecular flexibility index (Phi) is 3.84. The Morgan fingerprint density at radius 1 is 1.29 bits per heavy atom. The molecule has 0 atom stereocenters. The summed E-state index contributed by atoms with van der Waals surface area (Å²) < 4.78 is 6.83. The second kappa shape index (κ2) is 5.19. The maximum absolute atomic E-state index is 5.72. The van der Waals surface area contributed by atoms with E-state index in [0.29, 0.717) is 6.61 Å². The highest BCUT2D eigenvalue weighted by molar-refractivity contribution is 9.10. The second-order valence-electron chi connectivity index (χ2n) is 3.95. The Morgan fingerprint density at radius 2 is 2.06 bits per heavy atom. The quantitative estimate of drug-likeness (QED) is 0.837. The van der Waals surface area contributed by atoms with Gasteiger partial charge < -0.3 is 4.74 Å². The molecule has 0 amide bonds. The van der Waals surface area contributed by atoms with Crippen LogP contribution in [0, 0.1) is 20.8 Å². The summed E-state index contributed by atoms with van der Waals surface area (Å²) in [6.45, 7) is 6.70. The molecule has 0 spiro atoms. The average Bonchev–Trinajstić information content (AvgIpc) is 2.60. The van der Waals surface area contributed by atoms with Gasteiger partial charge in [-0.2, -0.15) is 0 Å². The molecule has 0 unspecified atom stereocenters. The van der Waals surface area contributed by atoms with E-state index in [4.69, 9.17) is 4.74 Å². The van der Waals surface area contributed by atoms with Crippen LogP contribution in [-0.2, 0) is 6.61 Å². The molecule has 0 saturated carbocycles. The number of halogens is 1. The van der Waals surface area contributed by atoms with Crippen LogP contribution in [0.2, 0.25) is 0 Å². The fourth-order valence-electron chi connectivity index (χ4n) is 1.45. The maximum atomic E-state index is 5.72. The maximum Gasteiger partial charge on any atom is 0.140 e. The van der Waals surface area contributed by atoms with Crippen LogP contribution in [0.3, 0.4) is 0 Å². The first kappa shape index (κ1) is 12.6. The van der Waals surface area contributed by atoms with Crippen molar-refractivity contribution in [2.75, 3.05) is 0 Å². The van der Waals surface area contributed by atoms with E-state index in [2.05, 4.69) is 34.8 Å². The predicted octanol–water partition coefficient (Wildman–Crippen LogP) is 4.41. The summed E-state index contributed by atoms with van der Waals surface area (Å²) in [5.41, 5.74) is 2.27. The third kappa shape index (κ3) is 3.07. The van der Waals surface area contributed by atoms with E-state index in [1.165, 1.54) is 10.4 Å². The van der Waals surface area contributed by atoms with E-state index >= 15 is 0 Å². The van der Waals surface area contributed by atoms with Gasteiger partial charge in [-0.15, -0.1) is 11.3 Å². The van der Waals surface area contributed by atoms with Gasteiger partial charge >= 0.3 is 0 Å². The molecule has 0 N–H and O–H groups in total. The molecule has 4 heteroatoms. The van der Waals surface area contributed by atoms with Gasteiger partial charge in [-0.3, -0.25) is 0 Å². The number of hydrogen-bond donors (Lipinski definition) is 0. The molecule has 1 heterocycles. The summed E-state index contributed by atoms with van der Waals surface area (Å²) >= 11 is 5.17. The molecule has 2 rings (SSSR count). The van der Waals surface area contributed by atoms with Crippen molar-refractivity contribution in [3.63, 3.8) is 0 Å². The minimum Gasteiger partial charge on any atom is -0.486 e. The summed E-state index contributed by atoms with van der Waals surface area (Å²) in [6.07, 6.45) is 0. The molecule has 0 aliphatic rings. The molecule has 0 saturated heterocycles. The monoisotopic (exact) mass is 311 g/mol. The van der Waals surface area contributed by atoms with E-state index < -0.39 is 0 Å². The van der Waals surface area contributed by atoms with Crippen molar-refractivity contribution in [2.24, 2.45) is 0 Å². The smallest absolute Gasteiger partial charge is 0.140 e. The zero-order valence-electron chi connectivity index (χ0n) is 10.1. The number of nitrogens with zero attached hydrogens (tertiary/aromatic N) is 1. The number of ether oxygens (including phenoxy) is 1. The minimum atomic E-state index is 0.542. The highest BCUT2D eigenvalue weighted by Gasteiger charge is 2.05. The summed E-state index contributed by atoms with van der Waals surface area (Å²) in [5, 5.41) is 1.03. The summed E-state index contributed by atoms with van der Waals surface area (Å²) in [5.74, 6) is 0.885. The topological polar surface area (TPSA) is 22.1 Å². The van der Waals surface area contributed by atoms with Crippen LogP contribution in [0.25, 0.3) is 0 Å². The number of hydrogen-bond acceptors (Lipinski definition) is 3. The Morgan fingerprint density at radius 3 is 2.65 bits per heavy atom. The molecule has 0 radical (unpaired) electrons. The lowest BCUT2D eigenvalue weighted by molar-refractivity contribution is 0.305. The van der Waals surface area contributed by atoms with Crippen LogP contribution in [0.15, 0.2) is 22.7 Å². The Bertz CT molecular complexity index is 517. The lowest BCUT2D eigenvalue weighted by Gasteiger charge is -2.05. The van der Waals surface area contributed by atoms with Crippen LogP contribution in [0.5, 0.6) is 5.75 Å². The zero-order valence-corrected chi connectivity index (χ0v) is 12.5. The molecule has 1 aromatic heterocycles. The van der Waals surface area contributed by atoms with Crippen molar-refractivity contribution >= 4 is 27.3 Å². The summed E-state index contributed by atoms with van der Waals surface area (Å²) in [6, 6.07) is 5.99. The number of aromatic nitrogens is 1. The molecule has 2 nitrogen and oxygen atoms in total. The van der Waals surface area contributed by atoms with Crippen molar-refractivity contribution < 1.29 is 4.74 Å². The van der Waals surface area contributed by atoms with E-state index in [9.17, 15) is 0 Å². The van der Waals surface area contributed by atoms with Gasteiger partial charge in [-0.25, -0.2) is 4.98 Å². The van der Waals surface area contributed by atoms with Gasteiger partial charge in [0.05, 0.1) is 5.69 Å². The molecular formula is C13H14BrNOS. The lowest BCUT2D eigenvalue weighted by Crippen LogP contribution is -1.95. The van der Waals surface area contributed by atoms with Crippen LogP contribution in [0.4, 0.5) is 0 Å². The van der Waals surface area contributed by atoms with E-state index in [-0.39, 0.29) is 0 Å². The average molecular weight is 312 g/mol. The summed E-state index contributed by atoms with van der Waals surface area (Å²) in [4.78, 5) is 5.71. The van der Waals surface area contributed by atoms with Gasteiger partial charge in [0.25, 0.3) is 0 Å². The van der Waals surface area contributed by atoms with Gasteiger partial charge in [0.2, 0.25) is 0 Å². The SMILES string of the molecule is Cc1cc(OCc2nc(C)c(C)s2)ccc1Br. The van der Waals surface area contributed by atoms with Gasteiger partial charge in [0.15, 0.2) is 0 Å². The van der Waals surface area contributed by atoms with Crippen LogP contribution >= 0.6 is 27.3 Å². The van der Waals surface area contributed by atoms with Gasteiger partial charge in [0, 0.05) is 9.35 Å². The van der Waals surface area contributed by atoms with Gasteiger partial charge in [-0.05, 0) is 44.5 Å². The fourth-order valence-corrected chi connectivity index (χ4v) is 2.55. The Hall–Kier alpha value is -0.870. The van der Waals surface area contributed by atoms with Crippen LogP contribution in [0.1, 0.15) is 21.1 Å². The largest absolute Gasteiger partial charge is 0.486 e. The lowest BCUT2D eigenvalue weighted by atomic mass is 10.2. The molecule has 0 bridgehead atoms. The standard InChI is InChI=1S/C13H14BrNOS/c1-8-6-11(4-5-12(8)14)16-7-13-15-9(2)10(3)17-13/h4-6H,7H2,1-3H3. The van der Waals surface area contributed by atoms with Gasteiger partial charge in [-0.1, -0.05) is 15.9 Å². The van der Waals surface area contributed by atoms with Crippen molar-refractivity contribution in [3.8, 4) is 5.75 Å². The Labute approximate surface area is 114 Å². The molecule has 90 valence electrons. The van der Waals surface area contributed by atoms with Crippen molar-refractivity contribution in [2.45, 2.75) is 27.4 Å². The second-order valence-corrected chi connectivity index (χ2v) is 6.09. The number of benzene rings is 1. The van der Waals surface area contributed by atoms with Crippen molar-refractivity contribution in [1.29, 1.82) is 0 Å². The highest BCUT2D eigenvalue weighted by atomic mass is 79.9. The van der Waals surface area contributed by atoms with Gasteiger partial charge in [0.1, 0.15) is 17.4 Å². The van der Waals surface area contributed by atoms with Crippen molar-refractivity contribution in [3.05, 3.63) is 43.8 Å². The molecule has 0 aliphatic heterocycles.